The van der Waals surface area contributed by atoms with Crippen molar-refractivity contribution in [3.05, 3.63) is 47.6 Å². The van der Waals surface area contributed by atoms with E-state index in [0.29, 0.717) is 5.56 Å². The third-order valence-corrected chi connectivity index (χ3v) is 2.50. The van der Waals surface area contributed by atoms with Crippen LogP contribution < -0.4 is 0 Å². The second kappa shape index (κ2) is 3.07. The molecule has 1 radical (unpaired) electrons. The molecule has 1 aromatic carbocycles. The summed E-state index contributed by atoms with van der Waals surface area (Å²) in [5.74, 6) is -0.208. The molecule has 0 unspecified atom stereocenters. The summed E-state index contributed by atoms with van der Waals surface area (Å²) >= 11 is 1.54. The van der Waals surface area contributed by atoms with Gasteiger partial charge in [-0.25, -0.2) is 4.39 Å². The highest BCUT2D eigenvalue weighted by molar-refractivity contribution is 7.13. The molecule has 59 valence electrons. The number of thiophene rings is 1. The summed E-state index contributed by atoms with van der Waals surface area (Å²) in [6, 6.07) is 11.3. The summed E-state index contributed by atoms with van der Waals surface area (Å²) in [7, 11) is 0. The zero-order chi connectivity index (χ0) is 8.39. The van der Waals surface area contributed by atoms with Crippen LogP contribution in [0.3, 0.4) is 0 Å². The maximum absolute atomic E-state index is 13.1. The Labute approximate surface area is 74.3 Å². The van der Waals surface area contributed by atoms with Crippen LogP contribution in [0.2, 0.25) is 0 Å². The molecular weight excluding hydrogens is 171 g/mol. The Kier molecular flexibility index (Phi) is 1.92. The van der Waals surface area contributed by atoms with Crippen LogP contribution in [0.25, 0.3) is 10.4 Å². The number of benzene rings is 1. The summed E-state index contributed by atoms with van der Waals surface area (Å²) in [4.78, 5) is 0.960. The highest BCUT2D eigenvalue weighted by Crippen LogP contribution is 2.26. The smallest absolute Gasteiger partial charge is 0.132 e. The topological polar surface area (TPSA) is 0 Å². The van der Waals surface area contributed by atoms with Gasteiger partial charge in [0.15, 0.2) is 0 Å². The minimum Gasteiger partial charge on any atom is -0.206 e. The number of hydrogen-bond acceptors (Lipinski definition) is 1. The highest BCUT2D eigenvalue weighted by atomic mass is 32.1. The summed E-state index contributed by atoms with van der Waals surface area (Å²) in [5.41, 5.74) is 0.656. The first-order valence-corrected chi connectivity index (χ1v) is 4.45. The fourth-order valence-electron chi connectivity index (χ4n) is 1.04. The summed E-state index contributed by atoms with van der Waals surface area (Å²) < 4.78 is 13.1. The molecule has 0 aliphatic carbocycles. The third-order valence-electron chi connectivity index (χ3n) is 1.60. The molecule has 0 saturated heterocycles. The Balaban J connectivity index is 2.55. The molecule has 0 atom stereocenters. The van der Waals surface area contributed by atoms with E-state index < -0.39 is 0 Å². The highest BCUT2D eigenvalue weighted by Gasteiger charge is 2.03. The van der Waals surface area contributed by atoms with Gasteiger partial charge in [-0.15, -0.1) is 11.3 Å². The Morgan fingerprint density at radius 3 is 2.92 bits per heavy atom. The molecule has 0 nitrogen and oxygen atoms in total. The lowest BCUT2D eigenvalue weighted by Gasteiger charge is -1.96. The lowest BCUT2D eigenvalue weighted by Crippen LogP contribution is -1.78. The van der Waals surface area contributed by atoms with Gasteiger partial charge >= 0.3 is 0 Å². The normalized spacial score (nSPS) is 10.1. The van der Waals surface area contributed by atoms with Crippen molar-refractivity contribution in [2.45, 2.75) is 0 Å². The zero-order valence-electron chi connectivity index (χ0n) is 6.25. The molecule has 0 aliphatic rings. The monoisotopic (exact) mass is 177 g/mol. The van der Waals surface area contributed by atoms with Gasteiger partial charge in [-0.3, -0.25) is 0 Å². The predicted octanol–water partition coefficient (Wildman–Crippen LogP) is 3.35. The van der Waals surface area contributed by atoms with Crippen molar-refractivity contribution in [2.24, 2.45) is 0 Å². The number of halogens is 1. The lowest BCUT2D eigenvalue weighted by atomic mass is 10.2. The van der Waals surface area contributed by atoms with Crippen LogP contribution in [0, 0.1) is 11.9 Å². The van der Waals surface area contributed by atoms with E-state index >= 15 is 0 Å². The van der Waals surface area contributed by atoms with Crippen LogP contribution >= 0.6 is 11.3 Å². The minimum absolute atomic E-state index is 0.208. The van der Waals surface area contributed by atoms with Gasteiger partial charge in [0.1, 0.15) is 5.82 Å². The van der Waals surface area contributed by atoms with Crippen LogP contribution in [0.4, 0.5) is 4.39 Å². The van der Waals surface area contributed by atoms with E-state index in [-0.39, 0.29) is 5.82 Å². The second-order valence-corrected chi connectivity index (χ2v) is 3.33. The van der Waals surface area contributed by atoms with Gasteiger partial charge in [0, 0.05) is 10.4 Å². The van der Waals surface area contributed by atoms with Gasteiger partial charge in [-0.1, -0.05) is 12.1 Å². The molecule has 0 amide bonds. The molecule has 1 heterocycles. The summed E-state index contributed by atoms with van der Waals surface area (Å²) in [6.45, 7) is 0. The quantitative estimate of drug-likeness (QED) is 0.626. The van der Waals surface area contributed by atoms with Crippen LogP contribution in [-0.4, -0.2) is 0 Å². The van der Waals surface area contributed by atoms with E-state index in [0.717, 1.165) is 4.88 Å². The molecule has 2 rings (SSSR count). The molecule has 0 bridgehead atoms. The van der Waals surface area contributed by atoms with Gasteiger partial charge in [0.05, 0.1) is 0 Å². The van der Waals surface area contributed by atoms with Crippen molar-refractivity contribution in [2.75, 3.05) is 0 Å². The maximum Gasteiger partial charge on any atom is 0.132 e. The first-order chi connectivity index (χ1) is 5.88. The Hall–Kier alpha value is -1.15. The molecule has 0 N–H and O–H groups in total. The standard InChI is InChI=1S/C10H6FS/c11-9-5-2-1-4-8(9)10-6-3-7-12-10/h1,3-7H. The van der Waals surface area contributed by atoms with Gasteiger partial charge in [-0.2, -0.15) is 0 Å². The molecule has 0 aliphatic heterocycles. The number of hydrogen-bond donors (Lipinski definition) is 0. The maximum atomic E-state index is 13.1. The van der Waals surface area contributed by atoms with Crippen LogP contribution in [-0.2, 0) is 0 Å². The molecule has 1 aromatic heterocycles. The van der Waals surface area contributed by atoms with E-state index in [1.165, 1.54) is 17.4 Å². The largest absolute Gasteiger partial charge is 0.206 e. The van der Waals surface area contributed by atoms with E-state index in [1.807, 2.05) is 17.5 Å². The fraction of sp³-hybridized carbons (Fsp3) is 0. The zero-order valence-corrected chi connectivity index (χ0v) is 7.07. The molecule has 0 saturated carbocycles. The van der Waals surface area contributed by atoms with Gasteiger partial charge in [-0.05, 0) is 29.6 Å². The van der Waals surface area contributed by atoms with Crippen LogP contribution in [0.15, 0.2) is 35.7 Å². The summed E-state index contributed by atoms with van der Waals surface area (Å²) in [6.07, 6.45) is 0. The van der Waals surface area contributed by atoms with Crippen molar-refractivity contribution in [3.63, 3.8) is 0 Å². The Morgan fingerprint density at radius 1 is 1.33 bits per heavy atom. The van der Waals surface area contributed by atoms with E-state index in [2.05, 4.69) is 6.07 Å². The molecular formula is C10H6FS. The average Bonchev–Trinajstić information content (AvgIpc) is 2.57. The van der Waals surface area contributed by atoms with Crippen molar-refractivity contribution in [1.29, 1.82) is 0 Å². The lowest BCUT2D eigenvalue weighted by molar-refractivity contribution is 0.631. The first kappa shape index (κ1) is 7.50. The van der Waals surface area contributed by atoms with Crippen molar-refractivity contribution in [3.8, 4) is 10.4 Å². The average molecular weight is 177 g/mol. The van der Waals surface area contributed by atoms with E-state index in [1.54, 1.807) is 12.1 Å². The third kappa shape index (κ3) is 1.25. The molecule has 12 heavy (non-hydrogen) atoms. The molecule has 2 heteroatoms. The van der Waals surface area contributed by atoms with Crippen molar-refractivity contribution < 1.29 is 4.39 Å². The molecule has 2 aromatic rings. The van der Waals surface area contributed by atoms with Gasteiger partial charge in [0.2, 0.25) is 0 Å². The number of rotatable bonds is 1. The van der Waals surface area contributed by atoms with Crippen molar-refractivity contribution in [1.82, 2.24) is 0 Å². The minimum atomic E-state index is -0.208. The van der Waals surface area contributed by atoms with E-state index in [9.17, 15) is 4.39 Å². The second-order valence-electron chi connectivity index (χ2n) is 2.38. The van der Waals surface area contributed by atoms with Gasteiger partial charge in [0.25, 0.3) is 0 Å². The molecule has 0 fully saturated rings. The Morgan fingerprint density at radius 2 is 2.25 bits per heavy atom. The SMILES string of the molecule is Fc1c[c]ccc1-c1cccs1. The van der Waals surface area contributed by atoms with Gasteiger partial charge < -0.3 is 0 Å². The van der Waals surface area contributed by atoms with Crippen LogP contribution in [0.1, 0.15) is 0 Å². The fourth-order valence-corrected chi connectivity index (χ4v) is 1.80. The predicted molar refractivity (Wildman–Crippen MR) is 48.5 cm³/mol. The first-order valence-electron chi connectivity index (χ1n) is 3.57. The summed E-state index contributed by atoms with van der Waals surface area (Å²) in [5, 5.41) is 1.94. The molecule has 0 spiro atoms. The van der Waals surface area contributed by atoms with Crippen molar-refractivity contribution >= 4 is 11.3 Å². The van der Waals surface area contributed by atoms with E-state index in [4.69, 9.17) is 0 Å². The van der Waals surface area contributed by atoms with Crippen LogP contribution in [0.5, 0.6) is 0 Å². The Bertz CT molecular complexity index is 365.